The standard InChI is InChI=1S/C24H33N3O2/c1-18-12-13-23(29-4)21(16-18)25-24(28)19(2)26(3)17-20-10-6-7-11-22(20)27-14-8-5-9-15-27/h6-7,10-13,16,19H,5,8-9,14-15,17H2,1-4H3,(H,25,28). The smallest absolute Gasteiger partial charge is 0.241 e. The number of para-hydroxylation sites is 1. The Morgan fingerprint density at radius 1 is 1.17 bits per heavy atom. The van der Waals surface area contributed by atoms with Gasteiger partial charge in [0.1, 0.15) is 5.75 Å². The van der Waals surface area contributed by atoms with Gasteiger partial charge in [-0.2, -0.15) is 0 Å². The maximum Gasteiger partial charge on any atom is 0.241 e. The van der Waals surface area contributed by atoms with Crippen molar-refractivity contribution in [3.8, 4) is 5.75 Å². The number of methoxy groups -OCH3 is 1. The Balaban J connectivity index is 1.69. The SMILES string of the molecule is COc1ccc(C)cc1NC(=O)C(C)N(C)Cc1ccccc1N1CCCCC1. The van der Waals surface area contributed by atoms with Gasteiger partial charge in [-0.05, 0) is 69.5 Å². The number of anilines is 2. The van der Waals surface area contributed by atoms with E-state index in [-0.39, 0.29) is 11.9 Å². The largest absolute Gasteiger partial charge is 0.495 e. The van der Waals surface area contributed by atoms with Crippen LogP contribution < -0.4 is 15.0 Å². The van der Waals surface area contributed by atoms with Crippen LogP contribution in [0.25, 0.3) is 0 Å². The summed E-state index contributed by atoms with van der Waals surface area (Å²) in [5.41, 5.74) is 4.36. The second kappa shape index (κ2) is 9.79. The number of nitrogens with one attached hydrogen (secondary N) is 1. The molecule has 0 radical (unpaired) electrons. The summed E-state index contributed by atoms with van der Waals surface area (Å²) in [6.07, 6.45) is 3.82. The highest BCUT2D eigenvalue weighted by Gasteiger charge is 2.21. The maximum absolute atomic E-state index is 12.9. The summed E-state index contributed by atoms with van der Waals surface area (Å²) >= 11 is 0. The van der Waals surface area contributed by atoms with Crippen LogP contribution in [0.1, 0.15) is 37.3 Å². The zero-order valence-electron chi connectivity index (χ0n) is 18.1. The first-order valence-corrected chi connectivity index (χ1v) is 10.5. The van der Waals surface area contributed by atoms with Crippen LogP contribution >= 0.6 is 0 Å². The number of hydrogen-bond acceptors (Lipinski definition) is 4. The number of piperidine rings is 1. The molecule has 1 saturated heterocycles. The van der Waals surface area contributed by atoms with Crippen molar-refractivity contribution < 1.29 is 9.53 Å². The van der Waals surface area contributed by atoms with Gasteiger partial charge in [-0.25, -0.2) is 0 Å². The van der Waals surface area contributed by atoms with Gasteiger partial charge < -0.3 is 15.0 Å². The fourth-order valence-corrected chi connectivity index (χ4v) is 3.85. The molecule has 2 aromatic carbocycles. The van der Waals surface area contributed by atoms with Crippen molar-refractivity contribution in [1.82, 2.24) is 4.90 Å². The van der Waals surface area contributed by atoms with E-state index in [0.717, 1.165) is 25.2 Å². The van der Waals surface area contributed by atoms with Crippen LogP contribution in [0.5, 0.6) is 5.75 Å². The number of rotatable bonds is 7. The lowest BCUT2D eigenvalue weighted by Crippen LogP contribution is -2.39. The fourth-order valence-electron chi connectivity index (χ4n) is 3.85. The molecule has 1 aliphatic heterocycles. The predicted molar refractivity (Wildman–Crippen MR) is 120 cm³/mol. The van der Waals surface area contributed by atoms with Crippen LogP contribution in [0.2, 0.25) is 0 Å². The molecular formula is C24H33N3O2. The molecule has 1 heterocycles. The molecule has 1 aliphatic rings. The normalized spacial score (nSPS) is 15.3. The van der Waals surface area contributed by atoms with Gasteiger partial charge in [0.05, 0.1) is 18.8 Å². The third-order valence-corrected chi connectivity index (χ3v) is 5.76. The van der Waals surface area contributed by atoms with E-state index in [9.17, 15) is 4.79 Å². The molecule has 5 heteroatoms. The highest BCUT2D eigenvalue weighted by Crippen LogP contribution is 2.27. The van der Waals surface area contributed by atoms with E-state index in [1.807, 2.05) is 39.1 Å². The number of amides is 1. The zero-order chi connectivity index (χ0) is 20.8. The average Bonchev–Trinajstić information content (AvgIpc) is 2.74. The molecule has 1 amide bonds. The molecule has 2 aromatic rings. The Morgan fingerprint density at radius 2 is 1.90 bits per heavy atom. The van der Waals surface area contributed by atoms with E-state index in [1.54, 1.807) is 7.11 Å². The number of hydrogen-bond donors (Lipinski definition) is 1. The molecule has 29 heavy (non-hydrogen) atoms. The first kappa shape index (κ1) is 21.2. The van der Waals surface area contributed by atoms with Gasteiger partial charge in [-0.1, -0.05) is 24.3 Å². The molecule has 0 aromatic heterocycles. The van der Waals surface area contributed by atoms with Crippen LogP contribution in [0, 0.1) is 6.92 Å². The molecule has 5 nitrogen and oxygen atoms in total. The molecule has 3 rings (SSSR count). The minimum Gasteiger partial charge on any atom is -0.495 e. The zero-order valence-corrected chi connectivity index (χ0v) is 18.1. The van der Waals surface area contributed by atoms with Crippen molar-refractivity contribution in [2.45, 2.75) is 45.7 Å². The summed E-state index contributed by atoms with van der Waals surface area (Å²) in [4.78, 5) is 17.5. The number of aryl methyl sites for hydroxylation is 1. The van der Waals surface area contributed by atoms with Crippen molar-refractivity contribution >= 4 is 17.3 Å². The minimum atomic E-state index is -0.269. The van der Waals surface area contributed by atoms with E-state index >= 15 is 0 Å². The summed E-state index contributed by atoms with van der Waals surface area (Å²) in [5, 5.41) is 3.03. The number of ether oxygens (including phenoxy) is 1. The number of benzene rings is 2. The Hall–Kier alpha value is -2.53. The van der Waals surface area contributed by atoms with E-state index in [1.165, 1.54) is 30.5 Å². The topological polar surface area (TPSA) is 44.8 Å². The molecule has 0 bridgehead atoms. The summed E-state index contributed by atoms with van der Waals surface area (Å²) in [6, 6.07) is 14.1. The summed E-state index contributed by atoms with van der Waals surface area (Å²) in [5.74, 6) is 0.640. The molecule has 0 aliphatic carbocycles. The summed E-state index contributed by atoms with van der Waals surface area (Å²) < 4.78 is 5.39. The average molecular weight is 396 g/mol. The summed E-state index contributed by atoms with van der Waals surface area (Å²) in [7, 11) is 3.62. The van der Waals surface area contributed by atoms with E-state index < -0.39 is 0 Å². The Kier molecular flexibility index (Phi) is 7.15. The molecule has 156 valence electrons. The first-order chi connectivity index (χ1) is 14.0. The molecule has 1 fully saturated rings. The fraction of sp³-hybridized carbons (Fsp3) is 0.458. The molecule has 1 N–H and O–H groups in total. The van der Waals surface area contributed by atoms with Gasteiger partial charge in [-0.15, -0.1) is 0 Å². The number of nitrogens with zero attached hydrogens (tertiary/aromatic N) is 2. The van der Waals surface area contributed by atoms with Crippen molar-refractivity contribution in [3.05, 3.63) is 53.6 Å². The van der Waals surface area contributed by atoms with Gasteiger partial charge in [0, 0.05) is 25.3 Å². The van der Waals surface area contributed by atoms with E-state index in [2.05, 4.69) is 39.4 Å². The van der Waals surface area contributed by atoms with Crippen LogP contribution in [0.4, 0.5) is 11.4 Å². The minimum absolute atomic E-state index is 0.0353. The van der Waals surface area contributed by atoms with E-state index in [0.29, 0.717) is 11.4 Å². The third kappa shape index (κ3) is 5.30. The Morgan fingerprint density at radius 3 is 2.62 bits per heavy atom. The van der Waals surface area contributed by atoms with Crippen LogP contribution in [0.15, 0.2) is 42.5 Å². The first-order valence-electron chi connectivity index (χ1n) is 10.5. The number of carbonyl (C=O) groups excluding carboxylic acids is 1. The summed E-state index contributed by atoms with van der Waals surface area (Å²) in [6.45, 7) is 6.91. The van der Waals surface area contributed by atoms with Crippen molar-refractivity contribution in [3.63, 3.8) is 0 Å². The van der Waals surface area contributed by atoms with Gasteiger partial charge >= 0.3 is 0 Å². The maximum atomic E-state index is 12.9. The second-order valence-electron chi connectivity index (χ2n) is 7.96. The molecule has 0 saturated carbocycles. The number of likely N-dealkylation sites (N-methyl/N-ethyl adjacent to an activating group) is 1. The highest BCUT2D eigenvalue weighted by molar-refractivity contribution is 5.95. The van der Waals surface area contributed by atoms with Crippen LogP contribution in [0.3, 0.4) is 0 Å². The van der Waals surface area contributed by atoms with Crippen LogP contribution in [-0.4, -0.2) is 44.1 Å². The monoisotopic (exact) mass is 395 g/mol. The van der Waals surface area contributed by atoms with Crippen molar-refractivity contribution in [2.24, 2.45) is 0 Å². The number of carbonyl (C=O) groups is 1. The lowest BCUT2D eigenvalue weighted by atomic mass is 10.1. The quantitative estimate of drug-likeness (QED) is 0.752. The van der Waals surface area contributed by atoms with Crippen molar-refractivity contribution in [1.29, 1.82) is 0 Å². The highest BCUT2D eigenvalue weighted by atomic mass is 16.5. The van der Waals surface area contributed by atoms with Gasteiger partial charge in [-0.3, -0.25) is 9.69 Å². The third-order valence-electron chi connectivity index (χ3n) is 5.76. The van der Waals surface area contributed by atoms with Gasteiger partial charge in [0.25, 0.3) is 0 Å². The second-order valence-corrected chi connectivity index (χ2v) is 7.96. The van der Waals surface area contributed by atoms with Gasteiger partial charge in [0.15, 0.2) is 0 Å². The molecular weight excluding hydrogens is 362 g/mol. The predicted octanol–water partition coefficient (Wildman–Crippen LogP) is 4.45. The Bertz CT molecular complexity index is 831. The lowest BCUT2D eigenvalue weighted by Gasteiger charge is -2.32. The molecule has 0 spiro atoms. The molecule has 1 unspecified atom stereocenters. The van der Waals surface area contributed by atoms with Crippen LogP contribution in [-0.2, 0) is 11.3 Å². The van der Waals surface area contributed by atoms with E-state index in [4.69, 9.17) is 4.74 Å². The van der Waals surface area contributed by atoms with Gasteiger partial charge in [0.2, 0.25) is 5.91 Å². The molecule has 1 atom stereocenters. The lowest BCUT2D eigenvalue weighted by molar-refractivity contribution is -0.120. The van der Waals surface area contributed by atoms with Crippen molar-refractivity contribution in [2.75, 3.05) is 37.5 Å². The Labute approximate surface area is 174 Å².